The molecule has 3 aromatic heterocycles. The van der Waals surface area contributed by atoms with Gasteiger partial charge in [0.1, 0.15) is 11.3 Å². The van der Waals surface area contributed by atoms with Crippen LogP contribution in [0, 0.1) is 0 Å². The van der Waals surface area contributed by atoms with Gasteiger partial charge in [0.2, 0.25) is 0 Å². The lowest BCUT2D eigenvalue weighted by Crippen LogP contribution is -2.14. The Bertz CT molecular complexity index is 1000. The number of pyridine rings is 1. The molecule has 3 heterocycles. The van der Waals surface area contributed by atoms with E-state index < -0.39 is 6.10 Å². The number of rotatable bonds is 4. The highest BCUT2D eigenvalue weighted by molar-refractivity contribution is 6.08. The molecule has 122 valence electrons. The van der Waals surface area contributed by atoms with E-state index in [1.54, 1.807) is 10.9 Å². The van der Waals surface area contributed by atoms with Crippen LogP contribution in [0.3, 0.4) is 0 Å². The first-order valence-corrected chi connectivity index (χ1v) is 7.90. The number of aliphatic hydroxyl groups excluding tert-OH is 1. The fourth-order valence-corrected chi connectivity index (χ4v) is 2.84. The lowest BCUT2D eigenvalue weighted by Gasteiger charge is -2.06. The van der Waals surface area contributed by atoms with Gasteiger partial charge in [-0.15, -0.1) is 0 Å². The minimum absolute atomic E-state index is 0.424. The largest absolute Gasteiger partial charge is 0.391 e. The van der Waals surface area contributed by atoms with Crippen LogP contribution in [0.15, 0.2) is 36.7 Å². The van der Waals surface area contributed by atoms with Crippen LogP contribution in [0.1, 0.15) is 13.3 Å². The van der Waals surface area contributed by atoms with Crippen molar-refractivity contribution < 1.29 is 5.11 Å². The summed E-state index contributed by atoms with van der Waals surface area (Å²) in [4.78, 5) is 4.51. The summed E-state index contributed by atoms with van der Waals surface area (Å²) in [6.07, 6.45) is 3.81. The first kappa shape index (κ1) is 14.6. The molecule has 0 amide bonds. The molecular formula is C17H18N6O. The second-order valence-electron chi connectivity index (χ2n) is 5.87. The summed E-state index contributed by atoms with van der Waals surface area (Å²) in [6, 6.07) is 7.88. The number of hydrogen-bond acceptors (Lipinski definition) is 5. The maximum atomic E-state index is 9.84. The summed E-state index contributed by atoms with van der Waals surface area (Å²) < 4.78 is 1.74. The maximum absolute atomic E-state index is 9.84. The smallest absolute Gasteiger partial charge is 0.135 e. The number of hydrogen-bond donors (Lipinski definition) is 3. The predicted molar refractivity (Wildman–Crippen MR) is 93.3 cm³/mol. The Labute approximate surface area is 138 Å². The Morgan fingerprint density at radius 1 is 1.29 bits per heavy atom. The third-order valence-electron chi connectivity index (χ3n) is 4.21. The van der Waals surface area contributed by atoms with E-state index in [-0.39, 0.29) is 0 Å². The first-order chi connectivity index (χ1) is 11.7. The molecule has 0 radical (unpaired) electrons. The van der Waals surface area contributed by atoms with Crippen molar-refractivity contribution >= 4 is 27.6 Å². The SMILES string of the molecule is CC[C@@H](O)Cn1cc2c(N)nc3cc(-c4ccn[nH]4)ccc3c2n1. The van der Waals surface area contributed by atoms with Crippen molar-refractivity contribution in [1.29, 1.82) is 0 Å². The summed E-state index contributed by atoms with van der Waals surface area (Å²) in [5.74, 6) is 0.441. The number of H-pyrrole nitrogens is 1. The molecule has 1 atom stereocenters. The first-order valence-electron chi connectivity index (χ1n) is 7.90. The zero-order valence-electron chi connectivity index (χ0n) is 13.3. The van der Waals surface area contributed by atoms with Gasteiger partial charge in [-0.2, -0.15) is 10.2 Å². The molecule has 0 spiro atoms. The van der Waals surface area contributed by atoms with Gasteiger partial charge in [-0.1, -0.05) is 13.0 Å². The molecule has 0 unspecified atom stereocenters. The number of nitrogens with zero attached hydrogens (tertiary/aromatic N) is 4. The molecule has 0 aliphatic heterocycles. The van der Waals surface area contributed by atoms with E-state index >= 15 is 0 Å². The third kappa shape index (κ3) is 2.39. The lowest BCUT2D eigenvalue weighted by molar-refractivity contribution is 0.145. The Morgan fingerprint density at radius 2 is 2.17 bits per heavy atom. The molecule has 7 nitrogen and oxygen atoms in total. The van der Waals surface area contributed by atoms with Crippen molar-refractivity contribution in [2.24, 2.45) is 0 Å². The fraction of sp³-hybridized carbons (Fsp3) is 0.235. The summed E-state index contributed by atoms with van der Waals surface area (Å²) in [5, 5.41) is 23.1. The standard InChI is InChI=1S/C17H18N6O/c1-2-11(24)8-23-9-13-16(22-23)12-4-3-10(14-5-6-19-21-14)7-15(12)20-17(13)18/h3-7,9,11,24H,2,8H2,1H3,(H2,18,20)(H,19,21)/t11-/m1/s1. The minimum Gasteiger partial charge on any atom is -0.391 e. The van der Waals surface area contributed by atoms with Crippen LogP contribution in [-0.2, 0) is 6.54 Å². The van der Waals surface area contributed by atoms with Gasteiger partial charge in [-0.3, -0.25) is 9.78 Å². The number of aromatic amines is 1. The van der Waals surface area contributed by atoms with Crippen LogP contribution in [0.25, 0.3) is 33.1 Å². The Morgan fingerprint density at radius 3 is 2.92 bits per heavy atom. The quantitative estimate of drug-likeness (QED) is 0.535. The highest BCUT2D eigenvalue weighted by Crippen LogP contribution is 2.29. The Kier molecular flexibility index (Phi) is 3.42. The molecule has 24 heavy (non-hydrogen) atoms. The van der Waals surface area contributed by atoms with E-state index in [0.717, 1.165) is 33.1 Å². The van der Waals surface area contributed by atoms with Crippen LogP contribution in [0.2, 0.25) is 0 Å². The molecule has 4 N–H and O–H groups in total. The molecule has 0 saturated heterocycles. The number of nitrogens with one attached hydrogen (secondary N) is 1. The van der Waals surface area contributed by atoms with E-state index in [1.165, 1.54) is 0 Å². The molecule has 4 aromatic rings. The number of anilines is 1. The van der Waals surface area contributed by atoms with Crippen LogP contribution < -0.4 is 5.73 Å². The number of aromatic nitrogens is 5. The average molecular weight is 322 g/mol. The summed E-state index contributed by atoms with van der Waals surface area (Å²) in [6.45, 7) is 2.38. The third-order valence-corrected chi connectivity index (χ3v) is 4.21. The molecule has 0 bridgehead atoms. The van der Waals surface area contributed by atoms with Gasteiger partial charge in [-0.05, 0) is 24.6 Å². The minimum atomic E-state index is -0.424. The second kappa shape index (κ2) is 5.61. The molecular weight excluding hydrogens is 304 g/mol. The highest BCUT2D eigenvalue weighted by atomic mass is 16.3. The van der Waals surface area contributed by atoms with Crippen LogP contribution in [-0.4, -0.2) is 36.2 Å². The molecule has 0 aliphatic carbocycles. The monoisotopic (exact) mass is 322 g/mol. The van der Waals surface area contributed by atoms with Gasteiger partial charge in [0, 0.05) is 23.3 Å². The second-order valence-corrected chi connectivity index (χ2v) is 5.87. The number of aliphatic hydroxyl groups is 1. The molecule has 4 rings (SSSR count). The maximum Gasteiger partial charge on any atom is 0.135 e. The van der Waals surface area contributed by atoms with Crippen LogP contribution >= 0.6 is 0 Å². The van der Waals surface area contributed by atoms with Gasteiger partial charge in [-0.25, -0.2) is 4.98 Å². The van der Waals surface area contributed by atoms with Gasteiger partial charge >= 0.3 is 0 Å². The fourth-order valence-electron chi connectivity index (χ4n) is 2.84. The molecule has 7 heteroatoms. The van der Waals surface area contributed by atoms with Crippen LogP contribution in [0.4, 0.5) is 5.82 Å². The topological polar surface area (TPSA) is 106 Å². The zero-order chi connectivity index (χ0) is 16.7. The number of nitrogens with two attached hydrogens (primary N) is 1. The Hall–Kier alpha value is -2.93. The van der Waals surface area contributed by atoms with E-state index in [4.69, 9.17) is 5.73 Å². The van der Waals surface area contributed by atoms with Crippen molar-refractivity contribution in [2.45, 2.75) is 26.0 Å². The van der Waals surface area contributed by atoms with Gasteiger partial charge < -0.3 is 10.8 Å². The molecule has 1 aromatic carbocycles. The van der Waals surface area contributed by atoms with Gasteiger partial charge in [0.25, 0.3) is 0 Å². The zero-order valence-corrected chi connectivity index (χ0v) is 13.3. The van der Waals surface area contributed by atoms with E-state index in [1.807, 2.05) is 37.4 Å². The Balaban J connectivity index is 1.87. The van der Waals surface area contributed by atoms with Crippen molar-refractivity contribution in [1.82, 2.24) is 25.0 Å². The number of fused-ring (bicyclic) bond motifs is 3. The summed E-state index contributed by atoms with van der Waals surface area (Å²) >= 11 is 0. The summed E-state index contributed by atoms with van der Waals surface area (Å²) in [5.41, 5.74) is 9.63. The number of nitrogen functional groups attached to an aromatic ring is 1. The van der Waals surface area contributed by atoms with Gasteiger partial charge in [0.15, 0.2) is 0 Å². The summed E-state index contributed by atoms with van der Waals surface area (Å²) in [7, 11) is 0. The van der Waals surface area contributed by atoms with E-state index in [0.29, 0.717) is 18.8 Å². The van der Waals surface area contributed by atoms with E-state index in [9.17, 15) is 5.11 Å². The normalized spacial score (nSPS) is 12.9. The molecule has 0 aliphatic rings. The lowest BCUT2D eigenvalue weighted by atomic mass is 10.1. The van der Waals surface area contributed by atoms with Crippen molar-refractivity contribution in [2.75, 3.05) is 5.73 Å². The molecule has 0 fully saturated rings. The predicted octanol–water partition coefficient (Wildman–Crippen LogP) is 2.33. The molecule has 0 saturated carbocycles. The van der Waals surface area contributed by atoms with Crippen LogP contribution in [0.5, 0.6) is 0 Å². The highest BCUT2D eigenvalue weighted by Gasteiger charge is 2.13. The van der Waals surface area contributed by atoms with Crippen molar-refractivity contribution in [3.05, 3.63) is 36.7 Å². The van der Waals surface area contributed by atoms with E-state index in [2.05, 4.69) is 20.3 Å². The van der Waals surface area contributed by atoms with Crippen molar-refractivity contribution in [3.8, 4) is 11.3 Å². The average Bonchev–Trinajstić information content (AvgIpc) is 3.24. The van der Waals surface area contributed by atoms with Crippen molar-refractivity contribution in [3.63, 3.8) is 0 Å². The number of benzene rings is 1. The van der Waals surface area contributed by atoms with Gasteiger partial charge in [0.05, 0.1) is 29.2 Å².